The van der Waals surface area contributed by atoms with Crippen molar-refractivity contribution in [1.29, 1.82) is 0 Å². The maximum Gasteiger partial charge on any atom is 0.318 e. The van der Waals surface area contributed by atoms with Crippen LogP contribution in [0.4, 0.5) is 4.79 Å². The Kier molecular flexibility index (Phi) is 7.19. The Morgan fingerprint density at radius 3 is 2.48 bits per heavy atom. The largest absolute Gasteiger partial charge is 0.497 e. The normalized spacial score (nSPS) is 11.9. The molecule has 8 nitrogen and oxygen atoms in total. The van der Waals surface area contributed by atoms with Crippen molar-refractivity contribution in [2.24, 2.45) is 11.7 Å². The number of hydrogen-bond donors (Lipinski definition) is 2. The Morgan fingerprint density at radius 1 is 1.16 bits per heavy atom. The first kappa shape index (κ1) is 22.6. The molecule has 0 fully saturated rings. The number of carbonyl (C=O) groups is 2. The molecule has 0 saturated heterocycles. The predicted molar refractivity (Wildman–Crippen MR) is 121 cm³/mol. The second-order valence-electron chi connectivity index (χ2n) is 6.99. The van der Waals surface area contributed by atoms with Gasteiger partial charge in [0.1, 0.15) is 5.75 Å². The Morgan fingerprint density at radius 2 is 1.87 bits per heavy atom. The fourth-order valence-electron chi connectivity index (χ4n) is 2.92. The van der Waals surface area contributed by atoms with Crippen molar-refractivity contribution in [2.45, 2.75) is 24.3 Å². The maximum atomic E-state index is 12.5. The Hall–Kier alpha value is -3.04. The number of methoxy groups -OCH3 is 1. The third kappa shape index (κ3) is 5.36. The standard InChI is InChI=1S/C21H22ClN5O3S/c1-12(2)17(19(28)24-20(23)29)31-21-26-25-18(13-5-4-6-16(11-13)30-3)27(21)15-9-7-14(22)8-10-15/h4-12,17H,1-3H3,(H3,23,24,28,29)/t17-/m1/s1. The number of nitrogens with one attached hydrogen (secondary N) is 1. The zero-order valence-corrected chi connectivity index (χ0v) is 18.8. The minimum absolute atomic E-state index is 0.0972. The zero-order chi connectivity index (χ0) is 22.5. The minimum Gasteiger partial charge on any atom is -0.497 e. The number of benzene rings is 2. The molecule has 0 unspecified atom stereocenters. The molecule has 0 aliphatic carbocycles. The second-order valence-corrected chi connectivity index (χ2v) is 8.53. The number of halogens is 1. The second kappa shape index (κ2) is 9.84. The molecule has 0 aliphatic rings. The first-order valence-electron chi connectivity index (χ1n) is 9.43. The van der Waals surface area contributed by atoms with E-state index < -0.39 is 17.2 Å². The molecule has 0 aliphatic heterocycles. The lowest BCUT2D eigenvalue weighted by atomic mass is 10.1. The molecule has 1 heterocycles. The highest BCUT2D eigenvalue weighted by molar-refractivity contribution is 8.00. The number of imide groups is 1. The molecule has 0 bridgehead atoms. The summed E-state index contributed by atoms with van der Waals surface area (Å²) in [7, 11) is 1.59. The van der Waals surface area contributed by atoms with Crippen LogP contribution in [0.2, 0.25) is 5.02 Å². The van der Waals surface area contributed by atoms with Gasteiger partial charge in [0.2, 0.25) is 5.91 Å². The van der Waals surface area contributed by atoms with Gasteiger partial charge in [-0.15, -0.1) is 10.2 Å². The molecule has 10 heteroatoms. The van der Waals surface area contributed by atoms with Crippen LogP contribution in [0.25, 0.3) is 17.1 Å². The van der Waals surface area contributed by atoms with Crippen LogP contribution < -0.4 is 15.8 Å². The average Bonchev–Trinajstić information content (AvgIpc) is 3.15. The van der Waals surface area contributed by atoms with E-state index in [1.807, 2.05) is 54.8 Å². The first-order chi connectivity index (χ1) is 14.8. The number of nitrogens with two attached hydrogens (primary N) is 1. The fraction of sp³-hybridized carbons (Fsp3) is 0.238. The van der Waals surface area contributed by atoms with Gasteiger partial charge in [-0.3, -0.25) is 14.7 Å². The lowest BCUT2D eigenvalue weighted by molar-refractivity contribution is -0.120. The average molecular weight is 460 g/mol. The zero-order valence-electron chi connectivity index (χ0n) is 17.2. The molecule has 0 saturated carbocycles. The van der Waals surface area contributed by atoms with Crippen molar-refractivity contribution in [1.82, 2.24) is 20.1 Å². The van der Waals surface area contributed by atoms with E-state index >= 15 is 0 Å². The van der Waals surface area contributed by atoms with Crippen LogP contribution in [0.3, 0.4) is 0 Å². The van der Waals surface area contributed by atoms with Crippen LogP contribution in [-0.2, 0) is 4.79 Å². The molecule has 3 aromatic rings. The van der Waals surface area contributed by atoms with Crippen molar-refractivity contribution in [3.8, 4) is 22.8 Å². The summed E-state index contributed by atoms with van der Waals surface area (Å²) in [6, 6.07) is 13.8. The van der Waals surface area contributed by atoms with Crippen LogP contribution in [0.5, 0.6) is 5.75 Å². The maximum absolute atomic E-state index is 12.5. The number of thioether (sulfide) groups is 1. The Balaban J connectivity index is 2.09. The van der Waals surface area contributed by atoms with Gasteiger partial charge in [0.05, 0.1) is 12.4 Å². The molecular weight excluding hydrogens is 438 g/mol. The van der Waals surface area contributed by atoms with Crippen molar-refractivity contribution < 1.29 is 14.3 Å². The molecule has 162 valence electrons. The third-order valence-corrected chi connectivity index (χ3v) is 6.13. The van der Waals surface area contributed by atoms with E-state index in [-0.39, 0.29) is 5.92 Å². The smallest absolute Gasteiger partial charge is 0.318 e. The lowest BCUT2D eigenvalue weighted by Crippen LogP contribution is -2.42. The van der Waals surface area contributed by atoms with Crippen molar-refractivity contribution in [2.75, 3.05) is 7.11 Å². The van der Waals surface area contributed by atoms with Gasteiger partial charge >= 0.3 is 6.03 Å². The summed E-state index contributed by atoms with van der Waals surface area (Å²) < 4.78 is 7.17. The Labute approximate surface area is 189 Å². The molecule has 2 aromatic carbocycles. The number of amides is 3. The van der Waals surface area contributed by atoms with Crippen LogP contribution >= 0.6 is 23.4 Å². The van der Waals surface area contributed by atoms with E-state index in [1.54, 1.807) is 19.2 Å². The topological polar surface area (TPSA) is 112 Å². The number of rotatable bonds is 7. The van der Waals surface area contributed by atoms with Crippen molar-refractivity contribution >= 4 is 35.3 Å². The number of ether oxygens (including phenoxy) is 1. The van der Waals surface area contributed by atoms with E-state index in [0.29, 0.717) is 21.8 Å². The summed E-state index contributed by atoms with van der Waals surface area (Å²) in [5.41, 5.74) is 6.69. The summed E-state index contributed by atoms with van der Waals surface area (Å²) in [5, 5.41) is 11.3. The van der Waals surface area contributed by atoms with Gasteiger partial charge in [0.25, 0.3) is 0 Å². The minimum atomic E-state index is -0.896. The summed E-state index contributed by atoms with van der Waals surface area (Å²) in [4.78, 5) is 23.7. The van der Waals surface area contributed by atoms with E-state index in [9.17, 15) is 9.59 Å². The number of hydrogen-bond acceptors (Lipinski definition) is 6. The highest BCUT2D eigenvalue weighted by atomic mass is 35.5. The number of urea groups is 1. The van der Waals surface area contributed by atoms with Gasteiger partial charge in [-0.25, -0.2) is 4.79 Å². The lowest BCUT2D eigenvalue weighted by Gasteiger charge is -2.19. The molecule has 0 spiro atoms. The first-order valence-corrected chi connectivity index (χ1v) is 10.7. The molecule has 1 atom stereocenters. The SMILES string of the molecule is COc1cccc(-c2nnc(S[C@@H](C(=O)NC(N)=O)C(C)C)n2-c2ccc(Cl)cc2)c1. The van der Waals surface area contributed by atoms with Gasteiger partial charge in [0.15, 0.2) is 11.0 Å². The van der Waals surface area contributed by atoms with E-state index in [1.165, 1.54) is 11.8 Å². The summed E-state index contributed by atoms with van der Waals surface area (Å²) in [6.07, 6.45) is 0. The van der Waals surface area contributed by atoms with E-state index in [4.69, 9.17) is 22.1 Å². The molecule has 3 N–H and O–H groups in total. The predicted octanol–water partition coefficient (Wildman–Crippen LogP) is 3.91. The van der Waals surface area contributed by atoms with Crippen LogP contribution in [0.15, 0.2) is 53.7 Å². The monoisotopic (exact) mass is 459 g/mol. The number of primary amides is 1. The molecule has 0 radical (unpaired) electrons. The van der Waals surface area contributed by atoms with Gasteiger partial charge in [-0.05, 0) is 42.3 Å². The quantitative estimate of drug-likeness (QED) is 0.518. The molecular formula is C21H22ClN5O3S. The van der Waals surface area contributed by atoms with Gasteiger partial charge < -0.3 is 10.5 Å². The number of nitrogens with zero attached hydrogens (tertiary/aromatic N) is 3. The van der Waals surface area contributed by atoms with E-state index in [2.05, 4.69) is 15.5 Å². The van der Waals surface area contributed by atoms with E-state index in [0.717, 1.165) is 11.3 Å². The highest BCUT2D eigenvalue weighted by Crippen LogP contribution is 2.33. The summed E-state index contributed by atoms with van der Waals surface area (Å²) >= 11 is 7.27. The van der Waals surface area contributed by atoms with Gasteiger partial charge in [-0.2, -0.15) is 0 Å². The van der Waals surface area contributed by atoms with Crippen LogP contribution in [0.1, 0.15) is 13.8 Å². The fourth-order valence-corrected chi connectivity index (χ4v) is 4.09. The van der Waals surface area contributed by atoms with Gasteiger partial charge in [0, 0.05) is 16.3 Å². The molecule has 3 amide bonds. The molecule has 1 aromatic heterocycles. The Bertz CT molecular complexity index is 1080. The van der Waals surface area contributed by atoms with Crippen molar-refractivity contribution in [3.63, 3.8) is 0 Å². The van der Waals surface area contributed by atoms with Crippen LogP contribution in [-0.4, -0.2) is 39.1 Å². The van der Waals surface area contributed by atoms with Crippen LogP contribution in [0, 0.1) is 5.92 Å². The highest BCUT2D eigenvalue weighted by Gasteiger charge is 2.28. The third-order valence-electron chi connectivity index (χ3n) is 4.39. The summed E-state index contributed by atoms with van der Waals surface area (Å²) in [6.45, 7) is 3.76. The molecule has 31 heavy (non-hydrogen) atoms. The summed E-state index contributed by atoms with van der Waals surface area (Å²) in [5.74, 6) is 0.667. The van der Waals surface area contributed by atoms with Gasteiger partial charge in [-0.1, -0.05) is 49.3 Å². The number of carbonyl (C=O) groups excluding carboxylic acids is 2. The van der Waals surface area contributed by atoms with Crippen molar-refractivity contribution in [3.05, 3.63) is 53.6 Å². The molecule has 3 rings (SSSR count). The number of aromatic nitrogens is 3.